The zero-order valence-electron chi connectivity index (χ0n) is 25.2. The van der Waals surface area contributed by atoms with Gasteiger partial charge in [0, 0.05) is 36.4 Å². The van der Waals surface area contributed by atoms with Crippen molar-refractivity contribution in [3.05, 3.63) is 107 Å². The van der Waals surface area contributed by atoms with E-state index in [-0.39, 0.29) is 54.1 Å². The number of amides is 1. The van der Waals surface area contributed by atoms with E-state index in [4.69, 9.17) is 19.5 Å². The highest BCUT2D eigenvalue weighted by atomic mass is 19.1. The molecule has 2 aromatic carbocycles. The number of pyridine rings is 2. The zero-order chi connectivity index (χ0) is 32.9. The maximum atomic E-state index is 15.6. The molecule has 1 amide bonds. The Bertz CT molecular complexity index is 2000. The van der Waals surface area contributed by atoms with Crippen molar-refractivity contribution in [3.63, 3.8) is 0 Å². The molecule has 47 heavy (non-hydrogen) atoms. The molecule has 238 valence electrons. The van der Waals surface area contributed by atoms with Crippen LogP contribution < -0.4 is 10.1 Å². The van der Waals surface area contributed by atoms with Crippen LogP contribution in [0, 0.1) is 23.0 Å². The summed E-state index contributed by atoms with van der Waals surface area (Å²) in [5.41, 5.74) is 2.69. The standard InChI is InChI=1S/C34H28F2N6O5/c1-45-34(44)21-6-8-28-30(14-21)42(18-23-9-12-46-23)31(40-28)15-22-13-26(36)24(16-25(22)35)27-3-2-4-32(41-27)47-19-20-5-7-29(39-17-20)33(43)38-11-10-37/h2-8,13-14,16-17,23H,9,11-12,15,18-19H2,1H3,(H,38,43)/t23-/m0/s1. The van der Waals surface area contributed by atoms with Crippen molar-refractivity contribution < 1.29 is 32.6 Å². The second-order valence-corrected chi connectivity index (χ2v) is 10.8. The van der Waals surface area contributed by atoms with E-state index < -0.39 is 23.5 Å². The van der Waals surface area contributed by atoms with Crippen LogP contribution in [0.15, 0.2) is 66.9 Å². The predicted molar refractivity (Wildman–Crippen MR) is 164 cm³/mol. The minimum atomic E-state index is -0.668. The highest BCUT2D eigenvalue weighted by molar-refractivity contribution is 5.94. The molecule has 0 saturated carbocycles. The molecule has 6 rings (SSSR count). The average molecular weight is 639 g/mol. The summed E-state index contributed by atoms with van der Waals surface area (Å²) >= 11 is 0. The lowest BCUT2D eigenvalue weighted by Gasteiger charge is -2.27. The Morgan fingerprint density at radius 3 is 2.68 bits per heavy atom. The van der Waals surface area contributed by atoms with Crippen molar-refractivity contribution in [3.8, 4) is 23.2 Å². The second-order valence-electron chi connectivity index (χ2n) is 10.8. The van der Waals surface area contributed by atoms with Gasteiger partial charge in [0.05, 0.1) is 48.1 Å². The topological polar surface area (TPSA) is 141 Å². The van der Waals surface area contributed by atoms with Crippen LogP contribution in [0.25, 0.3) is 22.3 Å². The molecule has 0 unspecified atom stereocenters. The van der Waals surface area contributed by atoms with Crippen LogP contribution in [-0.2, 0) is 29.0 Å². The summed E-state index contributed by atoms with van der Waals surface area (Å²) in [6.45, 7) is 1.04. The van der Waals surface area contributed by atoms with Gasteiger partial charge in [-0.1, -0.05) is 12.1 Å². The van der Waals surface area contributed by atoms with Gasteiger partial charge in [-0.2, -0.15) is 5.26 Å². The largest absolute Gasteiger partial charge is 0.473 e. The van der Waals surface area contributed by atoms with Gasteiger partial charge in [0.2, 0.25) is 5.88 Å². The van der Waals surface area contributed by atoms with Crippen molar-refractivity contribution >= 4 is 22.9 Å². The lowest BCUT2D eigenvalue weighted by atomic mass is 10.0. The Hall–Kier alpha value is -5.74. The fourth-order valence-corrected chi connectivity index (χ4v) is 5.14. The molecule has 0 bridgehead atoms. The smallest absolute Gasteiger partial charge is 0.337 e. The number of hydrogen-bond acceptors (Lipinski definition) is 9. The minimum absolute atomic E-state index is 0.00137. The van der Waals surface area contributed by atoms with E-state index in [9.17, 15) is 9.59 Å². The van der Waals surface area contributed by atoms with E-state index in [1.807, 2.05) is 10.6 Å². The third kappa shape index (κ3) is 6.92. The van der Waals surface area contributed by atoms with Crippen LogP contribution in [0.2, 0.25) is 0 Å². The van der Waals surface area contributed by atoms with Gasteiger partial charge >= 0.3 is 5.97 Å². The molecule has 3 aromatic heterocycles. The molecular weight excluding hydrogens is 610 g/mol. The molecule has 1 aliphatic heterocycles. The van der Waals surface area contributed by atoms with Gasteiger partial charge in [0.25, 0.3) is 5.91 Å². The molecule has 1 N–H and O–H groups in total. The number of benzene rings is 2. The molecule has 11 nitrogen and oxygen atoms in total. The Morgan fingerprint density at radius 2 is 1.96 bits per heavy atom. The number of imidazole rings is 1. The molecule has 5 aromatic rings. The van der Waals surface area contributed by atoms with E-state index >= 15 is 8.78 Å². The lowest BCUT2D eigenvalue weighted by molar-refractivity contribution is -0.0589. The minimum Gasteiger partial charge on any atom is -0.473 e. The molecule has 0 aliphatic carbocycles. The first-order valence-corrected chi connectivity index (χ1v) is 14.7. The summed E-state index contributed by atoms with van der Waals surface area (Å²) in [7, 11) is 1.31. The Morgan fingerprint density at radius 1 is 1.11 bits per heavy atom. The normalized spacial score (nSPS) is 13.9. The van der Waals surface area contributed by atoms with E-state index in [1.54, 1.807) is 42.5 Å². The predicted octanol–water partition coefficient (Wildman–Crippen LogP) is 4.77. The Balaban J connectivity index is 1.20. The number of halogens is 2. The van der Waals surface area contributed by atoms with E-state index in [1.165, 1.54) is 19.4 Å². The van der Waals surface area contributed by atoms with Gasteiger partial charge in [0.1, 0.15) is 36.3 Å². The van der Waals surface area contributed by atoms with Gasteiger partial charge in [0.15, 0.2) is 0 Å². The van der Waals surface area contributed by atoms with Crippen LogP contribution in [0.1, 0.15) is 44.2 Å². The van der Waals surface area contributed by atoms with Crippen LogP contribution in [0.3, 0.4) is 0 Å². The molecule has 1 fully saturated rings. The van der Waals surface area contributed by atoms with Gasteiger partial charge in [-0.05, 0) is 54.4 Å². The number of fused-ring (bicyclic) bond motifs is 1. The van der Waals surface area contributed by atoms with Gasteiger partial charge in [-0.15, -0.1) is 0 Å². The lowest BCUT2D eigenvalue weighted by Crippen LogP contribution is -2.31. The number of ether oxygens (including phenoxy) is 3. The fourth-order valence-electron chi connectivity index (χ4n) is 5.14. The number of esters is 1. The molecular formula is C34H28F2N6O5. The van der Waals surface area contributed by atoms with Crippen LogP contribution in [-0.4, -0.2) is 57.8 Å². The fraction of sp³-hybridized carbons (Fsp3) is 0.235. The Labute approximate surface area is 267 Å². The number of hydrogen-bond donors (Lipinski definition) is 1. The maximum absolute atomic E-state index is 15.6. The van der Waals surface area contributed by atoms with Crippen LogP contribution in [0.5, 0.6) is 5.88 Å². The summed E-state index contributed by atoms with van der Waals surface area (Å²) in [6.07, 6.45) is 2.27. The van der Waals surface area contributed by atoms with Gasteiger partial charge in [-0.3, -0.25) is 9.78 Å². The number of carbonyl (C=O) groups is 2. The first-order valence-electron chi connectivity index (χ1n) is 14.7. The highest BCUT2D eigenvalue weighted by Gasteiger charge is 2.24. The molecule has 0 spiro atoms. The van der Waals surface area contributed by atoms with Crippen molar-refractivity contribution in [2.45, 2.75) is 32.1 Å². The number of nitriles is 1. The summed E-state index contributed by atoms with van der Waals surface area (Å²) in [4.78, 5) is 37.2. The number of methoxy groups -OCH3 is 1. The van der Waals surface area contributed by atoms with E-state index in [0.29, 0.717) is 41.1 Å². The van der Waals surface area contributed by atoms with Gasteiger partial charge in [-0.25, -0.2) is 23.5 Å². The van der Waals surface area contributed by atoms with Crippen molar-refractivity contribution in [2.75, 3.05) is 20.3 Å². The first-order chi connectivity index (χ1) is 22.8. The third-order valence-electron chi connectivity index (χ3n) is 7.68. The molecule has 1 aliphatic rings. The van der Waals surface area contributed by atoms with E-state index in [0.717, 1.165) is 18.6 Å². The van der Waals surface area contributed by atoms with Crippen molar-refractivity contribution in [1.82, 2.24) is 24.8 Å². The molecule has 1 atom stereocenters. The monoisotopic (exact) mass is 638 g/mol. The average Bonchev–Trinajstić information content (AvgIpc) is 3.41. The summed E-state index contributed by atoms with van der Waals surface area (Å²) < 4.78 is 49.2. The van der Waals surface area contributed by atoms with Crippen LogP contribution >= 0.6 is 0 Å². The zero-order valence-corrected chi connectivity index (χ0v) is 25.2. The van der Waals surface area contributed by atoms with Crippen LogP contribution in [0.4, 0.5) is 8.78 Å². The highest BCUT2D eigenvalue weighted by Crippen LogP contribution is 2.29. The number of rotatable bonds is 11. The molecule has 0 radical (unpaired) electrons. The summed E-state index contributed by atoms with van der Waals surface area (Å²) in [6, 6.07) is 17.0. The maximum Gasteiger partial charge on any atom is 0.337 e. The Kier molecular flexibility index (Phi) is 9.12. The van der Waals surface area contributed by atoms with Gasteiger partial charge < -0.3 is 24.1 Å². The third-order valence-corrected chi connectivity index (χ3v) is 7.68. The number of nitrogens with one attached hydrogen (secondary N) is 1. The number of nitrogens with zero attached hydrogens (tertiary/aromatic N) is 5. The molecule has 4 heterocycles. The first kappa shape index (κ1) is 31.3. The number of carbonyl (C=O) groups excluding carboxylic acids is 2. The number of aromatic nitrogens is 4. The summed E-state index contributed by atoms with van der Waals surface area (Å²) in [5.74, 6) is -1.57. The van der Waals surface area contributed by atoms with Crippen molar-refractivity contribution in [1.29, 1.82) is 5.26 Å². The SMILES string of the molecule is COC(=O)c1ccc2nc(Cc3cc(F)c(-c4cccc(OCc5ccc(C(=O)NCC#N)nc5)n4)cc3F)n(C[C@@H]3CCO3)c2c1. The molecule has 1 saturated heterocycles. The van der Waals surface area contributed by atoms with Crippen molar-refractivity contribution in [2.24, 2.45) is 0 Å². The molecule has 13 heteroatoms. The quantitative estimate of drug-likeness (QED) is 0.160. The summed E-state index contributed by atoms with van der Waals surface area (Å²) in [5, 5.41) is 11.0. The van der Waals surface area contributed by atoms with E-state index in [2.05, 4.69) is 20.3 Å². The second kappa shape index (κ2) is 13.7.